The van der Waals surface area contributed by atoms with Crippen LogP contribution in [0.25, 0.3) is 0 Å². The first-order chi connectivity index (χ1) is 7.00. The van der Waals surface area contributed by atoms with Gasteiger partial charge in [-0.1, -0.05) is 20.3 Å². The van der Waals surface area contributed by atoms with E-state index in [2.05, 4.69) is 32.9 Å². The molecule has 2 heteroatoms. The molecular formula is C13H19ClS. The van der Waals surface area contributed by atoms with Crippen LogP contribution in [0.15, 0.2) is 12.1 Å². The van der Waals surface area contributed by atoms with Gasteiger partial charge in [0.05, 0.1) is 5.38 Å². The molecule has 0 nitrogen and oxygen atoms in total. The molecule has 0 aliphatic heterocycles. The maximum atomic E-state index is 6.62. The fourth-order valence-electron chi connectivity index (χ4n) is 2.70. The van der Waals surface area contributed by atoms with Crippen molar-refractivity contribution in [1.29, 1.82) is 0 Å². The Morgan fingerprint density at radius 2 is 2.20 bits per heavy atom. The standard InChI is InChI=1S/C13H19ClS/c1-9-6-7-11(15-9)12(14)10-5-4-8-13(10,2)3/h6-7,10,12H,4-5,8H2,1-3H3. The lowest BCUT2D eigenvalue weighted by Crippen LogP contribution is -2.21. The van der Waals surface area contributed by atoms with E-state index >= 15 is 0 Å². The number of hydrogen-bond acceptors (Lipinski definition) is 1. The van der Waals surface area contributed by atoms with Gasteiger partial charge >= 0.3 is 0 Å². The summed E-state index contributed by atoms with van der Waals surface area (Å²) < 4.78 is 0. The van der Waals surface area contributed by atoms with E-state index < -0.39 is 0 Å². The Bertz CT molecular complexity index is 340. The third-order valence-corrected chi connectivity index (χ3v) is 5.48. The first-order valence-electron chi connectivity index (χ1n) is 5.71. The van der Waals surface area contributed by atoms with Gasteiger partial charge in [0.1, 0.15) is 0 Å². The summed E-state index contributed by atoms with van der Waals surface area (Å²) in [5.41, 5.74) is 0.421. The van der Waals surface area contributed by atoms with Gasteiger partial charge in [-0.2, -0.15) is 0 Å². The van der Waals surface area contributed by atoms with E-state index in [-0.39, 0.29) is 5.38 Å². The molecule has 0 bridgehead atoms. The quantitative estimate of drug-likeness (QED) is 0.629. The lowest BCUT2D eigenvalue weighted by molar-refractivity contribution is 0.253. The van der Waals surface area contributed by atoms with Crippen molar-refractivity contribution in [2.75, 3.05) is 0 Å². The van der Waals surface area contributed by atoms with Crippen LogP contribution in [0.1, 0.15) is 48.2 Å². The third kappa shape index (κ3) is 2.24. The normalized spacial score (nSPS) is 26.8. The zero-order valence-electron chi connectivity index (χ0n) is 9.72. The smallest absolute Gasteiger partial charge is 0.0711 e. The van der Waals surface area contributed by atoms with Gasteiger partial charge in [0.15, 0.2) is 0 Å². The van der Waals surface area contributed by atoms with Gasteiger partial charge in [-0.3, -0.25) is 0 Å². The maximum absolute atomic E-state index is 6.62. The second-order valence-corrected chi connectivity index (χ2v) is 7.13. The first-order valence-corrected chi connectivity index (χ1v) is 6.96. The van der Waals surface area contributed by atoms with Crippen LogP contribution in [0.4, 0.5) is 0 Å². The summed E-state index contributed by atoms with van der Waals surface area (Å²) in [5.74, 6) is 0.650. The summed E-state index contributed by atoms with van der Waals surface area (Å²) in [7, 11) is 0. The Labute approximate surface area is 102 Å². The average Bonchev–Trinajstić information content (AvgIpc) is 2.70. The molecule has 1 aromatic rings. The van der Waals surface area contributed by atoms with E-state index in [1.54, 1.807) is 0 Å². The Kier molecular flexibility index (Phi) is 3.14. The molecule has 1 saturated carbocycles. The van der Waals surface area contributed by atoms with Crippen molar-refractivity contribution in [3.05, 3.63) is 21.9 Å². The highest BCUT2D eigenvalue weighted by atomic mass is 35.5. The molecule has 15 heavy (non-hydrogen) atoms. The first kappa shape index (κ1) is 11.5. The Hall–Kier alpha value is -0.0100. The van der Waals surface area contributed by atoms with E-state index in [0.717, 1.165) is 0 Å². The molecule has 0 N–H and O–H groups in total. The SMILES string of the molecule is Cc1ccc(C(Cl)C2CCCC2(C)C)s1. The fourth-order valence-corrected chi connectivity index (χ4v) is 4.29. The molecule has 0 amide bonds. The summed E-state index contributed by atoms with van der Waals surface area (Å²) >= 11 is 8.47. The predicted molar refractivity (Wildman–Crippen MR) is 68.8 cm³/mol. The topological polar surface area (TPSA) is 0 Å². The number of alkyl halides is 1. The molecule has 2 unspecified atom stereocenters. The number of rotatable bonds is 2. The van der Waals surface area contributed by atoms with Crippen molar-refractivity contribution < 1.29 is 0 Å². The van der Waals surface area contributed by atoms with Gasteiger partial charge < -0.3 is 0 Å². The molecule has 1 heterocycles. The van der Waals surface area contributed by atoms with Crippen LogP contribution in [0.3, 0.4) is 0 Å². The summed E-state index contributed by atoms with van der Waals surface area (Å²) in [6, 6.07) is 4.38. The summed E-state index contributed by atoms with van der Waals surface area (Å²) in [6.07, 6.45) is 3.95. The van der Waals surface area contributed by atoms with Gasteiger partial charge in [-0.25, -0.2) is 0 Å². The van der Waals surface area contributed by atoms with Crippen molar-refractivity contribution in [2.45, 2.75) is 45.4 Å². The molecular weight excluding hydrogens is 224 g/mol. The van der Waals surface area contributed by atoms with Crippen molar-refractivity contribution in [3.63, 3.8) is 0 Å². The van der Waals surface area contributed by atoms with E-state index in [4.69, 9.17) is 11.6 Å². The van der Waals surface area contributed by atoms with Crippen LogP contribution in [0.2, 0.25) is 0 Å². The highest BCUT2D eigenvalue weighted by Crippen LogP contribution is 2.51. The molecule has 84 valence electrons. The third-order valence-electron chi connectivity index (χ3n) is 3.73. The van der Waals surface area contributed by atoms with Crippen LogP contribution < -0.4 is 0 Å². The van der Waals surface area contributed by atoms with Crippen LogP contribution in [0.5, 0.6) is 0 Å². The van der Waals surface area contributed by atoms with E-state index in [1.807, 2.05) is 11.3 Å². The van der Waals surface area contributed by atoms with Crippen molar-refractivity contribution in [2.24, 2.45) is 11.3 Å². The second-order valence-electron chi connectivity index (χ2n) is 5.34. The molecule has 0 saturated heterocycles. The van der Waals surface area contributed by atoms with E-state index in [9.17, 15) is 0 Å². The number of hydrogen-bond donors (Lipinski definition) is 0. The van der Waals surface area contributed by atoms with Gasteiger partial charge in [0.2, 0.25) is 0 Å². The Morgan fingerprint density at radius 1 is 1.47 bits per heavy atom. The highest BCUT2D eigenvalue weighted by molar-refractivity contribution is 7.12. The minimum absolute atomic E-state index is 0.223. The van der Waals surface area contributed by atoms with Crippen molar-refractivity contribution in [3.8, 4) is 0 Å². The Morgan fingerprint density at radius 3 is 2.67 bits per heavy atom. The second kappa shape index (κ2) is 4.10. The average molecular weight is 243 g/mol. The van der Waals surface area contributed by atoms with Gasteiger partial charge in [0.25, 0.3) is 0 Å². The van der Waals surface area contributed by atoms with Crippen molar-refractivity contribution >= 4 is 22.9 Å². The minimum Gasteiger partial charge on any atom is -0.144 e. The summed E-state index contributed by atoms with van der Waals surface area (Å²) in [4.78, 5) is 2.72. The Balaban J connectivity index is 2.17. The lowest BCUT2D eigenvalue weighted by atomic mass is 9.79. The molecule has 0 aromatic carbocycles. The summed E-state index contributed by atoms with van der Waals surface area (Å²) in [6.45, 7) is 6.87. The minimum atomic E-state index is 0.223. The summed E-state index contributed by atoms with van der Waals surface area (Å²) in [5, 5.41) is 0.223. The van der Waals surface area contributed by atoms with E-state index in [0.29, 0.717) is 11.3 Å². The lowest BCUT2D eigenvalue weighted by Gasteiger charge is -2.30. The van der Waals surface area contributed by atoms with Crippen LogP contribution in [0, 0.1) is 18.3 Å². The van der Waals surface area contributed by atoms with Crippen LogP contribution in [-0.2, 0) is 0 Å². The molecule has 1 aliphatic carbocycles. The zero-order valence-corrected chi connectivity index (χ0v) is 11.3. The highest BCUT2D eigenvalue weighted by Gasteiger charge is 2.39. The van der Waals surface area contributed by atoms with Gasteiger partial charge in [-0.05, 0) is 43.2 Å². The molecule has 0 radical (unpaired) electrons. The van der Waals surface area contributed by atoms with Gasteiger partial charge in [0, 0.05) is 9.75 Å². The van der Waals surface area contributed by atoms with Gasteiger partial charge in [-0.15, -0.1) is 22.9 Å². The van der Waals surface area contributed by atoms with Crippen molar-refractivity contribution in [1.82, 2.24) is 0 Å². The molecule has 2 rings (SSSR count). The molecule has 1 fully saturated rings. The molecule has 2 atom stereocenters. The van der Waals surface area contributed by atoms with Crippen LogP contribution >= 0.6 is 22.9 Å². The number of thiophene rings is 1. The number of aryl methyl sites for hydroxylation is 1. The maximum Gasteiger partial charge on any atom is 0.0711 e. The monoisotopic (exact) mass is 242 g/mol. The molecule has 0 spiro atoms. The predicted octanol–water partition coefficient (Wildman–Crippen LogP) is 5.16. The fraction of sp³-hybridized carbons (Fsp3) is 0.692. The van der Waals surface area contributed by atoms with Crippen LogP contribution in [-0.4, -0.2) is 0 Å². The number of halogens is 1. The molecule has 1 aliphatic rings. The van der Waals surface area contributed by atoms with E-state index in [1.165, 1.54) is 29.0 Å². The molecule has 1 aromatic heterocycles. The largest absolute Gasteiger partial charge is 0.144 e. The zero-order chi connectivity index (χ0) is 11.1.